The lowest BCUT2D eigenvalue weighted by molar-refractivity contribution is -0.152. The average Bonchev–Trinajstić information content (AvgIpc) is 2.99. The minimum absolute atomic E-state index is 0.0246. The summed E-state index contributed by atoms with van der Waals surface area (Å²) in [6, 6.07) is 8.26. The number of amides is 2. The van der Waals surface area contributed by atoms with Gasteiger partial charge in [0.2, 0.25) is 0 Å². The smallest absolute Gasteiger partial charge is 0.326 e. The zero-order chi connectivity index (χ0) is 18.4. The monoisotopic (exact) mass is 412 g/mol. The van der Waals surface area contributed by atoms with E-state index in [-0.39, 0.29) is 11.4 Å². The van der Waals surface area contributed by atoms with Crippen molar-refractivity contribution in [3.05, 3.63) is 52.6 Å². The van der Waals surface area contributed by atoms with Crippen molar-refractivity contribution in [1.29, 1.82) is 0 Å². The molecule has 0 bridgehead atoms. The maximum absolute atomic E-state index is 13.1. The van der Waals surface area contributed by atoms with Crippen molar-refractivity contribution in [1.82, 2.24) is 5.32 Å². The molecule has 1 atom stereocenters. The number of carbonyl (C=O) groups is 3. The second-order valence-electron chi connectivity index (χ2n) is 4.92. The number of rotatable bonds is 6. The molecule has 1 heterocycles. The number of benzene rings is 1. The first-order valence-electron chi connectivity index (χ1n) is 7.14. The molecule has 9 heteroatoms. The molecule has 0 aliphatic carbocycles. The van der Waals surface area contributed by atoms with Crippen LogP contribution in [-0.2, 0) is 14.3 Å². The van der Waals surface area contributed by atoms with Crippen molar-refractivity contribution in [3.8, 4) is 0 Å². The summed E-state index contributed by atoms with van der Waals surface area (Å²) in [5, 5.41) is 4.72. The number of carbonyl (C=O) groups excluding carboxylic acids is 3. The molecule has 0 spiro atoms. The second kappa shape index (κ2) is 8.43. The molecule has 0 fully saturated rings. The molecule has 2 rings (SSSR count). The van der Waals surface area contributed by atoms with E-state index >= 15 is 0 Å². The third-order valence-electron chi connectivity index (χ3n) is 2.96. The lowest BCUT2D eigenvalue weighted by Gasteiger charge is -2.13. The summed E-state index contributed by atoms with van der Waals surface area (Å²) in [5.41, 5.74) is 0.240. The van der Waals surface area contributed by atoms with Gasteiger partial charge in [0.25, 0.3) is 11.8 Å². The van der Waals surface area contributed by atoms with Gasteiger partial charge in [-0.15, -0.1) is 0 Å². The number of ether oxygens (including phenoxy) is 1. The van der Waals surface area contributed by atoms with Crippen LogP contribution in [0.4, 0.5) is 10.1 Å². The molecule has 0 unspecified atom stereocenters. The summed E-state index contributed by atoms with van der Waals surface area (Å²) in [6.07, 6.45) is -1.12. The average molecular weight is 413 g/mol. The van der Waals surface area contributed by atoms with Crippen LogP contribution in [-0.4, -0.2) is 30.4 Å². The second-order valence-corrected chi connectivity index (χ2v) is 5.70. The first-order chi connectivity index (χ1) is 11.8. The topological polar surface area (TPSA) is 97.6 Å². The van der Waals surface area contributed by atoms with E-state index in [1.807, 2.05) is 0 Å². The van der Waals surface area contributed by atoms with Crippen LogP contribution in [0.15, 0.2) is 45.5 Å². The van der Waals surface area contributed by atoms with Gasteiger partial charge in [0, 0.05) is 5.69 Å². The maximum atomic E-state index is 13.1. The molecular weight excluding hydrogens is 399 g/mol. The van der Waals surface area contributed by atoms with Crippen molar-refractivity contribution in [2.45, 2.75) is 13.0 Å². The van der Waals surface area contributed by atoms with Crippen molar-refractivity contribution in [2.75, 3.05) is 11.9 Å². The predicted octanol–water partition coefficient (Wildman–Crippen LogP) is 2.48. The third-order valence-corrected chi connectivity index (χ3v) is 3.39. The molecule has 0 radical (unpaired) electrons. The van der Waals surface area contributed by atoms with Gasteiger partial charge in [0.15, 0.2) is 16.5 Å². The van der Waals surface area contributed by atoms with Gasteiger partial charge in [-0.05, 0) is 53.2 Å². The Balaban J connectivity index is 1.79. The fourth-order valence-corrected chi connectivity index (χ4v) is 2.08. The van der Waals surface area contributed by atoms with Crippen LogP contribution in [0, 0.1) is 5.82 Å². The number of hydrogen-bond donors (Lipinski definition) is 2. The standard InChI is InChI=1S/C16H14BrFN2O5/c1-9(15(22)20-11-4-2-3-10(18)7-11)24-14(21)8-19-16(23)12-5-6-13(17)25-12/h2-7,9H,8H2,1H3,(H,19,23)(H,20,22)/t9-/m0/s1. The number of nitrogens with one attached hydrogen (secondary N) is 2. The highest BCUT2D eigenvalue weighted by molar-refractivity contribution is 9.10. The fraction of sp³-hybridized carbons (Fsp3) is 0.188. The molecular formula is C16H14BrFN2O5. The molecule has 0 aliphatic heterocycles. The van der Waals surface area contributed by atoms with Gasteiger partial charge in [-0.3, -0.25) is 14.4 Å². The summed E-state index contributed by atoms with van der Waals surface area (Å²) in [6.45, 7) is 0.923. The molecule has 0 saturated carbocycles. The SMILES string of the molecule is C[C@H](OC(=O)CNC(=O)c1ccc(Br)o1)C(=O)Nc1cccc(F)c1. The van der Waals surface area contributed by atoms with Crippen molar-refractivity contribution >= 4 is 39.4 Å². The number of hydrogen-bond acceptors (Lipinski definition) is 5. The quantitative estimate of drug-likeness (QED) is 0.710. The van der Waals surface area contributed by atoms with E-state index in [0.717, 1.165) is 6.07 Å². The Morgan fingerprint density at radius 2 is 2.04 bits per heavy atom. The summed E-state index contributed by atoms with van der Waals surface area (Å²) in [5.74, 6) is -2.51. The predicted molar refractivity (Wildman–Crippen MR) is 89.3 cm³/mol. The lowest BCUT2D eigenvalue weighted by Crippen LogP contribution is -2.35. The summed E-state index contributed by atoms with van der Waals surface area (Å²) in [4.78, 5) is 35.3. The summed E-state index contributed by atoms with van der Waals surface area (Å²) < 4.78 is 23.4. The van der Waals surface area contributed by atoms with Gasteiger partial charge in [0.05, 0.1) is 0 Å². The summed E-state index contributed by atoms with van der Waals surface area (Å²) >= 11 is 3.05. The van der Waals surface area contributed by atoms with E-state index in [0.29, 0.717) is 4.67 Å². The first kappa shape index (κ1) is 18.7. The lowest BCUT2D eigenvalue weighted by atomic mass is 10.3. The number of esters is 1. The van der Waals surface area contributed by atoms with Crippen molar-refractivity contribution in [2.24, 2.45) is 0 Å². The van der Waals surface area contributed by atoms with Crippen LogP contribution >= 0.6 is 15.9 Å². The van der Waals surface area contributed by atoms with Gasteiger partial charge in [-0.25, -0.2) is 4.39 Å². The molecule has 1 aromatic heterocycles. The van der Waals surface area contributed by atoms with Gasteiger partial charge in [0.1, 0.15) is 12.4 Å². The van der Waals surface area contributed by atoms with Crippen LogP contribution in [0.5, 0.6) is 0 Å². The Bertz CT molecular complexity index is 792. The highest BCUT2D eigenvalue weighted by Crippen LogP contribution is 2.13. The van der Waals surface area contributed by atoms with Gasteiger partial charge in [-0.1, -0.05) is 6.07 Å². The Kier molecular flexibility index (Phi) is 6.29. The molecule has 1 aromatic carbocycles. The third kappa shape index (κ3) is 5.71. The number of furan rings is 1. The minimum Gasteiger partial charge on any atom is -0.451 e. The van der Waals surface area contributed by atoms with Crippen molar-refractivity contribution in [3.63, 3.8) is 0 Å². The van der Waals surface area contributed by atoms with Crippen LogP contribution in [0.2, 0.25) is 0 Å². The van der Waals surface area contributed by atoms with E-state index in [2.05, 4.69) is 26.6 Å². The van der Waals surface area contributed by atoms with E-state index in [4.69, 9.17) is 9.15 Å². The fourth-order valence-electron chi connectivity index (χ4n) is 1.78. The van der Waals surface area contributed by atoms with Gasteiger partial charge < -0.3 is 19.8 Å². The Morgan fingerprint density at radius 3 is 2.68 bits per heavy atom. The molecule has 25 heavy (non-hydrogen) atoms. The van der Waals surface area contributed by atoms with Crippen molar-refractivity contribution < 1.29 is 27.9 Å². The maximum Gasteiger partial charge on any atom is 0.326 e. The molecule has 7 nitrogen and oxygen atoms in total. The molecule has 132 valence electrons. The zero-order valence-electron chi connectivity index (χ0n) is 13.0. The summed E-state index contributed by atoms with van der Waals surface area (Å²) in [7, 11) is 0. The molecule has 0 saturated heterocycles. The Hall–Kier alpha value is -2.68. The first-order valence-corrected chi connectivity index (χ1v) is 7.94. The van der Waals surface area contributed by atoms with E-state index < -0.39 is 36.2 Å². The zero-order valence-corrected chi connectivity index (χ0v) is 14.6. The highest BCUT2D eigenvalue weighted by Gasteiger charge is 2.19. The highest BCUT2D eigenvalue weighted by atomic mass is 79.9. The Labute approximate surface area is 150 Å². The molecule has 2 amide bonds. The van der Waals surface area contributed by atoms with Crippen LogP contribution < -0.4 is 10.6 Å². The normalized spacial score (nSPS) is 11.5. The largest absolute Gasteiger partial charge is 0.451 e. The number of anilines is 1. The van der Waals surface area contributed by atoms with Crippen LogP contribution in [0.3, 0.4) is 0 Å². The van der Waals surface area contributed by atoms with E-state index in [1.54, 1.807) is 0 Å². The molecule has 2 aromatic rings. The molecule has 2 N–H and O–H groups in total. The van der Waals surface area contributed by atoms with E-state index in [9.17, 15) is 18.8 Å². The van der Waals surface area contributed by atoms with Gasteiger partial charge >= 0.3 is 5.97 Å². The van der Waals surface area contributed by atoms with Crippen LogP contribution in [0.1, 0.15) is 17.5 Å². The number of halogens is 2. The minimum atomic E-state index is -1.12. The van der Waals surface area contributed by atoms with Crippen LogP contribution in [0.25, 0.3) is 0 Å². The van der Waals surface area contributed by atoms with Gasteiger partial charge in [-0.2, -0.15) is 0 Å². The van der Waals surface area contributed by atoms with E-state index in [1.165, 1.54) is 37.3 Å². The molecule has 0 aliphatic rings. The Morgan fingerprint density at radius 1 is 1.28 bits per heavy atom.